The molecule has 0 spiro atoms. The van der Waals surface area contributed by atoms with Crippen LogP contribution in [0.5, 0.6) is 5.75 Å². The molecule has 2 saturated heterocycles. The van der Waals surface area contributed by atoms with Crippen molar-refractivity contribution in [1.29, 1.82) is 0 Å². The average molecular weight is 479 g/mol. The Morgan fingerprint density at radius 3 is 2.65 bits per heavy atom. The Morgan fingerprint density at radius 1 is 1.21 bits per heavy atom. The van der Waals surface area contributed by atoms with Crippen LogP contribution in [0.25, 0.3) is 11.3 Å². The molecule has 2 aromatic rings. The Labute approximate surface area is 196 Å². The van der Waals surface area contributed by atoms with E-state index in [-0.39, 0.29) is 17.5 Å². The van der Waals surface area contributed by atoms with Crippen molar-refractivity contribution in [3.63, 3.8) is 0 Å². The lowest BCUT2D eigenvalue weighted by Gasteiger charge is -2.35. The number of halogens is 3. The Bertz CT molecular complexity index is 1030. The van der Waals surface area contributed by atoms with Gasteiger partial charge in [-0.05, 0) is 56.1 Å². The van der Waals surface area contributed by atoms with Gasteiger partial charge in [0.1, 0.15) is 11.6 Å². The number of aromatic hydroxyl groups is 1. The summed E-state index contributed by atoms with van der Waals surface area (Å²) in [6.07, 6.45) is -2.65. The first kappa shape index (κ1) is 24.2. The lowest BCUT2D eigenvalue weighted by molar-refractivity contribution is -0.137. The molecule has 0 bridgehead atoms. The summed E-state index contributed by atoms with van der Waals surface area (Å²) in [4.78, 5) is 16.6. The first-order valence-corrected chi connectivity index (χ1v) is 11.4. The third-order valence-corrected chi connectivity index (χ3v) is 6.25. The minimum Gasteiger partial charge on any atom is -0.507 e. The van der Waals surface area contributed by atoms with Crippen molar-refractivity contribution < 1.29 is 23.1 Å². The maximum absolute atomic E-state index is 12.9. The van der Waals surface area contributed by atoms with E-state index in [2.05, 4.69) is 25.7 Å². The van der Waals surface area contributed by atoms with Gasteiger partial charge in [0.2, 0.25) is 5.91 Å². The van der Waals surface area contributed by atoms with Crippen LogP contribution in [0.1, 0.15) is 24.0 Å². The standard InChI is InChI=1S/C23H29F3N6O2/c1-15-11-20(29-30-22(15)18-5-4-16(12-19(18)33)23(24,25)26)28-17-3-2-8-31(13-17)14-21(34)32-9-6-27-7-10-32/h4-5,11-12,17,27,33H,2-3,6-10,13-14H2,1H3,(H,28,29)/t17-/m1/s1. The number of hydrogen-bond acceptors (Lipinski definition) is 7. The van der Waals surface area contributed by atoms with Crippen LogP contribution < -0.4 is 10.6 Å². The van der Waals surface area contributed by atoms with Crippen molar-refractivity contribution in [2.75, 3.05) is 51.1 Å². The number of anilines is 1. The lowest BCUT2D eigenvalue weighted by atomic mass is 10.0. The fraction of sp³-hybridized carbons (Fsp3) is 0.522. The van der Waals surface area contributed by atoms with Gasteiger partial charge in [0.15, 0.2) is 0 Å². The van der Waals surface area contributed by atoms with Crippen LogP contribution in [0.3, 0.4) is 0 Å². The molecular weight excluding hydrogens is 449 g/mol. The number of alkyl halides is 3. The van der Waals surface area contributed by atoms with E-state index in [9.17, 15) is 23.1 Å². The van der Waals surface area contributed by atoms with Gasteiger partial charge in [0.05, 0.1) is 17.8 Å². The van der Waals surface area contributed by atoms with Crippen molar-refractivity contribution in [1.82, 2.24) is 25.3 Å². The zero-order valence-corrected chi connectivity index (χ0v) is 19.0. The number of piperazine rings is 1. The van der Waals surface area contributed by atoms with Crippen molar-refractivity contribution in [2.45, 2.75) is 32.0 Å². The Hall–Kier alpha value is -2.92. The van der Waals surface area contributed by atoms with Crippen molar-refractivity contribution >= 4 is 11.7 Å². The highest BCUT2D eigenvalue weighted by Gasteiger charge is 2.31. The van der Waals surface area contributed by atoms with E-state index < -0.39 is 17.5 Å². The van der Waals surface area contributed by atoms with E-state index in [0.29, 0.717) is 36.2 Å². The van der Waals surface area contributed by atoms with Crippen LogP contribution in [0.4, 0.5) is 19.0 Å². The summed E-state index contributed by atoms with van der Waals surface area (Å²) in [5.41, 5.74) is 0.271. The van der Waals surface area contributed by atoms with Crippen molar-refractivity contribution in [3.8, 4) is 17.0 Å². The van der Waals surface area contributed by atoms with Crippen LogP contribution in [0.15, 0.2) is 24.3 Å². The van der Waals surface area contributed by atoms with E-state index in [1.54, 1.807) is 13.0 Å². The van der Waals surface area contributed by atoms with E-state index in [1.165, 1.54) is 6.07 Å². The van der Waals surface area contributed by atoms with Gasteiger partial charge in [-0.2, -0.15) is 13.2 Å². The molecule has 11 heteroatoms. The number of aryl methyl sites for hydroxylation is 1. The van der Waals surface area contributed by atoms with Crippen LogP contribution in [0.2, 0.25) is 0 Å². The Kier molecular flexibility index (Phi) is 7.22. The predicted molar refractivity (Wildman–Crippen MR) is 121 cm³/mol. The van der Waals surface area contributed by atoms with E-state index in [1.807, 2.05) is 4.90 Å². The normalized spacial score (nSPS) is 19.8. The maximum atomic E-state index is 12.9. The number of amides is 1. The zero-order chi connectivity index (χ0) is 24.3. The van der Waals surface area contributed by atoms with Gasteiger partial charge in [-0.15, -0.1) is 10.2 Å². The molecule has 0 radical (unpaired) electrons. The predicted octanol–water partition coefficient (Wildman–Crippen LogP) is 2.48. The molecule has 0 unspecified atom stereocenters. The number of rotatable bonds is 5. The van der Waals surface area contributed by atoms with Gasteiger partial charge in [0, 0.05) is 44.3 Å². The molecule has 0 aliphatic carbocycles. The number of phenolic OH excluding ortho intramolecular Hbond substituents is 1. The molecule has 2 aliphatic rings. The Balaban J connectivity index is 1.39. The van der Waals surface area contributed by atoms with Crippen LogP contribution in [0, 0.1) is 6.92 Å². The largest absolute Gasteiger partial charge is 0.507 e. The summed E-state index contributed by atoms with van der Waals surface area (Å²) < 4.78 is 38.6. The van der Waals surface area contributed by atoms with Gasteiger partial charge in [0.25, 0.3) is 0 Å². The number of benzene rings is 1. The number of phenols is 1. The van der Waals surface area contributed by atoms with Crippen LogP contribution in [-0.4, -0.2) is 82.9 Å². The molecule has 184 valence electrons. The van der Waals surface area contributed by atoms with Gasteiger partial charge in [-0.3, -0.25) is 9.69 Å². The summed E-state index contributed by atoms with van der Waals surface area (Å²) >= 11 is 0. The van der Waals surface area contributed by atoms with Gasteiger partial charge in [-0.1, -0.05) is 0 Å². The molecule has 1 atom stereocenters. The smallest absolute Gasteiger partial charge is 0.416 e. The number of carbonyl (C=O) groups excluding carboxylic acids is 1. The molecule has 34 heavy (non-hydrogen) atoms. The summed E-state index contributed by atoms with van der Waals surface area (Å²) in [5, 5.41) is 25.1. The minimum absolute atomic E-state index is 0.101. The second kappa shape index (κ2) is 10.1. The third kappa shape index (κ3) is 5.76. The second-order valence-corrected chi connectivity index (χ2v) is 8.84. The number of carbonyl (C=O) groups is 1. The number of likely N-dealkylation sites (tertiary alicyclic amines) is 1. The number of hydrogen-bond donors (Lipinski definition) is 3. The quantitative estimate of drug-likeness (QED) is 0.608. The molecule has 0 saturated carbocycles. The molecule has 2 fully saturated rings. The monoisotopic (exact) mass is 478 g/mol. The fourth-order valence-corrected chi connectivity index (χ4v) is 4.46. The lowest BCUT2D eigenvalue weighted by Crippen LogP contribution is -2.51. The number of aromatic nitrogens is 2. The molecular formula is C23H29F3N6O2. The summed E-state index contributed by atoms with van der Waals surface area (Å²) in [6, 6.07) is 4.69. The molecule has 2 aliphatic heterocycles. The molecule has 8 nitrogen and oxygen atoms in total. The Morgan fingerprint density at radius 2 is 1.97 bits per heavy atom. The van der Waals surface area contributed by atoms with Gasteiger partial charge >= 0.3 is 6.18 Å². The zero-order valence-electron chi connectivity index (χ0n) is 19.0. The number of piperidine rings is 1. The molecule has 3 N–H and O–H groups in total. The fourth-order valence-electron chi connectivity index (χ4n) is 4.46. The molecule has 1 aromatic carbocycles. The summed E-state index contributed by atoms with van der Waals surface area (Å²) in [7, 11) is 0. The van der Waals surface area contributed by atoms with E-state index >= 15 is 0 Å². The van der Waals surface area contributed by atoms with Crippen molar-refractivity contribution in [2.24, 2.45) is 0 Å². The highest BCUT2D eigenvalue weighted by molar-refractivity contribution is 5.78. The van der Waals surface area contributed by atoms with Gasteiger partial charge < -0.3 is 20.6 Å². The first-order valence-electron chi connectivity index (χ1n) is 11.4. The SMILES string of the molecule is Cc1cc(N[C@@H]2CCCN(CC(=O)N3CCNCC3)C2)nnc1-c1ccc(C(F)(F)F)cc1O. The second-order valence-electron chi connectivity index (χ2n) is 8.84. The minimum atomic E-state index is -4.53. The highest BCUT2D eigenvalue weighted by atomic mass is 19.4. The molecule has 1 aromatic heterocycles. The number of nitrogens with one attached hydrogen (secondary N) is 2. The molecule has 3 heterocycles. The summed E-state index contributed by atoms with van der Waals surface area (Å²) in [5.74, 6) is 0.205. The van der Waals surface area contributed by atoms with Crippen LogP contribution >= 0.6 is 0 Å². The molecule has 4 rings (SSSR count). The van der Waals surface area contributed by atoms with Crippen molar-refractivity contribution in [3.05, 3.63) is 35.4 Å². The molecule has 1 amide bonds. The maximum Gasteiger partial charge on any atom is 0.416 e. The third-order valence-electron chi connectivity index (χ3n) is 6.25. The topological polar surface area (TPSA) is 93.6 Å². The van der Waals surface area contributed by atoms with E-state index in [4.69, 9.17) is 0 Å². The van der Waals surface area contributed by atoms with E-state index in [0.717, 1.165) is 51.6 Å². The highest BCUT2D eigenvalue weighted by Crippen LogP contribution is 2.36. The number of nitrogens with zero attached hydrogens (tertiary/aromatic N) is 4. The van der Waals surface area contributed by atoms with Crippen LogP contribution in [-0.2, 0) is 11.0 Å². The average Bonchev–Trinajstić information content (AvgIpc) is 2.80. The first-order chi connectivity index (χ1) is 16.2. The summed E-state index contributed by atoms with van der Waals surface area (Å²) in [6.45, 7) is 6.88. The van der Waals surface area contributed by atoms with Gasteiger partial charge in [-0.25, -0.2) is 0 Å².